The molecule has 1 fully saturated rings. The molecular formula is C11H23N3O. The molecule has 1 heterocycles. The smallest absolute Gasteiger partial charge is 0.251 e. The molecule has 0 aliphatic carbocycles. The van der Waals surface area contributed by atoms with Crippen LogP contribution in [0.2, 0.25) is 0 Å². The summed E-state index contributed by atoms with van der Waals surface area (Å²) in [5, 5.41) is 0. The highest BCUT2D eigenvalue weighted by atomic mass is 16.2. The topological polar surface area (TPSA) is 58.4 Å². The Labute approximate surface area is 92.2 Å². The molecule has 15 heavy (non-hydrogen) atoms. The molecule has 1 aliphatic heterocycles. The van der Waals surface area contributed by atoms with Gasteiger partial charge in [0.2, 0.25) is 0 Å². The molecule has 0 radical (unpaired) electrons. The van der Waals surface area contributed by atoms with E-state index in [0.717, 1.165) is 19.4 Å². The molecule has 1 amide bonds. The molecule has 0 spiro atoms. The standard InChI is InChI=1S/C11H23N3O/c1-3-6-10(11(15)13-12)14-8-5-4-7-9(14)2/h9-10H,3-8,12H2,1-2H3,(H,13,15)/t9-,10-/m1/s1. The van der Waals surface area contributed by atoms with Gasteiger partial charge in [-0.2, -0.15) is 0 Å². The highest BCUT2D eigenvalue weighted by Crippen LogP contribution is 2.21. The van der Waals surface area contributed by atoms with Crippen molar-refractivity contribution < 1.29 is 4.79 Å². The van der Waals surface area contributed by atoms with Crippen LogP contribution in [-0.4, -0.2) is 29.4 Å². The van der Waals surface area contributed by atoms with E-state index in [9.17, 15) is 4.79 Å². The molecule has 0 unspecified atom stereocenters. The molecule has 3 N–H and O–H groups in total. The van der Waals surface area contributed by atoms with E-state index in [4.69, 9.17) is 5.84 Å². The van der Waals surface area contributed by atoms with Crippen LogP contribution in [0.1, 0.15) is 46.0 Å². The highest BCUT2D eigenvalue weighted by Gasteiger charge is 2.29. The van der Waals surface area contributed by atoms with Crippen LogP contribution in [0.4, 0.5) is 0 Å². The monoisotopic (exact) mass is 213 g/mol. The van der Waals surface area contributed by atoms with Crippen molar-refractivity contribution in [1.82, 2.24) is 10.3 Å². The molecule has 4 nitrogen and oxygen atoms in total. The van der Waals surface area contributed by atoms with Gasteiger partial charge in [-0.25, -0.2) is 5.84 Å². The average Bonchev–Trinajstić information content (AvgIpc) is 2.26. The van der Waals surface area contributed by atoms with Gasteiger partial charge in [0.25, 0.3) is 5.91 Å². The minimum absolute atomic E-state index is 0.0321. The van der Waals surface area contributed by atoms with E-state index >= 15 is 0 Å². The summed E-state index contributed by atoms with van der Waals surface area (Å²) in [6.45, 7) is 5.33. The van der Waals surface area contributed by atoms with Crippen molar-refractivity contribution in [1.29, 1.82) is 0 Å². The molecule has 0 aromatic rings. The summed E-state index contributed by atoms with van der Waals surface area (Å²) in [5.41, 5.74) is 2.29. The van der Waals surface area contributed by atoms with Gasteiger partial charge in [0.15, 0.2) is 0 Å². The minimum atomic E-state index is -0.0365. The zero-order valence-electron chi connectivity index (χ0n) is 9.83. The van der Waals surface area contributed by atoms with Crippen molar-refractivity contribution >= 4 is 5.91 Å². The lowest BCUT2D eigenvalue weighted by Gasteiger charge is -2.38. The summed E-state index contributed by atoms with van der Waals surface area (Å²) in [7, 11) is 0. The number of likely N-dealkylation sites (tertiary alicyclic amines) is 1. The summed E-state index contributed by atoms with van der Waals surface area (Å²) >= 11 is 0. The molecule has 0 saturated carbocycles. The van der Waals surface area contributed by atoms with E-state index < -0.39 is 0 Å². The number of carbonyl (C=O) groups is 1. The largest absolute Gasteiger partial charge is 0.293 e. The number of rotatable bonds is 4. The van der Waals surface area contributed by atoms with E-state index in [1.807, 2.05) is 0 Å². The Morgan fingerprint density at radius 2 is 2.33 bits per heavy atom. The van der Waals surface area contributed by atoms with Gasteiger partial charge >= 0.3 is 0 Å². The van der Waals surface area contributed by atoms with Crippen molar-refractivity contribution in [3.05, 3.63) is 0 Å². The van der Waals surface area contributed by atoms with Gasteiger partial charge in [0, 0.05) is 6.04 Å². The molecule has 2 atom stereocenters. The zero-order valence-corrected chi connectivity index (χ0v) is 9.83. The summed E-state index contributed by atoms with van der Waals surface area (Å²) in [6.07, 6.45) is 5.58. The Morgan fingerprint density at radius 3 is 2.87 bits per heavy atom. The van der Waals surface area contributed by atoms with E-state index in [1.165, 1.54) is 19.3 Å². The van der Waals surface area contributed by atoms with Gasteiger partial charge in [-0.1, -0.05) is 19.8 Å². The number of carbonyl (C=O) groups excluding carboxylic acids is 1. The number of piperidine rings is 1. The van der Waals surface area contributed by atoms with Gasteiger partial charge in [-0.3, -0.25) is 15.1 Å². The maximum Gasteiger partial charge on any atom is 0.251 e. The highest BCUT2D eigenvalue weighted by molar-refractivity contribution is 5.81. The number of hydrogen-bond donors (Lipinski definition) is 2. The third-order valence-corrected chi connectivity index (χ3v) is 3.26. The Kier molecular flexibility index (Phi) is 5.05. The average molecular weight is 213 g/mol. The first-order chi connectivity index (χ1) is 7.20. The number of nitrogens with two attached hydrogens (primary N) is 1. The first kappa shape index (κ1) is 12.5. The van der Waals surface area contributed by atoms with Crippen LogP contribution in [0.15, 0.2) is 0 Å². The molecular weight excluding hydrogens is 190 g/mol. The van der Waals surface area contributed by atoms with Crippen molar-refractivity contribution in [3.63, 3.8) is 0 Å². The Balaban J connectivity index is 2.64. The second-order valence-electron chi connectivity index (χ2n) is 4.40. The molecule has 1 saturated heterocycles. The van der Waals surface area contributed by atoms with Crippen LogP contribution in [0.3, 0.4) is 0 Å². The maximum absolute atomic E-state index is 11.7. The normalized spacial score (nSPS) is 24.9. The fraction of sp³-hybridized carbons (Fsp3) is 0.909. The van der Waals surface area contributed by atoms with Crippen LogP contribution in [-0.2, 0) is 4.79 Å². The third-order valence-electron chi connectivity index (χ3n) is 3.26. The van der Waals surface area contributed by atoms with Gasteiger partial charge in [0.1, 0.15) is 0 Å². The first-order valence-electron chi connectivity index (χ1n) is 5.97. The van der Waals surface area contributed by atoms with Crippen molar-refractivity contribution in [2.24, 2.45) is 5.84 Å². The lowest BCUT2D eigenvalue weighted by molar-refractivity contribution is -0.128. The number of nitrogens with zero attached hydrogens (tertiary/aromatic N) is 1. The zero-order chi connectivity index (χ0) is 11.3. The van der Waals surface area contributed by atoms with E-state index in [-0.39, 0.29) is 11.9 Å². The van der Waals surface area contributed by atoms with Crippen molar-refractivity contribution in [3.8, 4) is 0 Å². The van der Waals surface area contributed by atoms with Crippen LogP contribution in [0.5, 0.6) is 0 Å². The second-order valence-corrected chi connectivity index (χ2v) is 4.40. The second kappa shape index (κ2) is 6.08. The lowest BCUT2D eigenvalue weighted by Crippen LogP contribution is -2.53. The lowest BCUT2D eigenvalue weighted by atomic mass is 9.99. The van der Waals surface area contributed by atoms with Crippen molar-refractivity contribution in [2.45, 2.75) is 58.0 Å². The summed E-state index contributed by atoms with van der Waals surface area (Å²) in [6, 6.07) is 0.475. The van der Waals surface area contributed by atoms with Gasteiger partial charge in [-0.05, 0) is 32.7 Å². The molecule has 1 rings (SSSR count). The van der Waals surface area contributed by atoms with Crippen molar-refractivity contribution in [2.75, 3.05) is 6.54 Å². The summed E-state index contributed by atoms with van der Waals surface area (Å²) in [5.74, 6) is 5.19. The first-order valence-corrected chi connectivity index (χ1v) is 5.97. The molecule has 0 aromatic heterocycles. The molecule has 0 bridgehead atoms. The Morgan fingerprint density at radius 1 is 1.60 bits per heavy atom. The van der Waals surface area contributed by atoms with Crippen LogP contribution < -0.4 is 11.3 Å². The van der Waals surface area contributed by atoms with E-state index in [2.05, 4.69) is 24.2 Å². The molecule has 88 valence electrons. The predicted octanol–water partition coefficient (Wildman–Crippen LogP) is 1.02. The molecule has 1 aliphatic rings. The SMILES string of the molecule is CCC[C@H](C(=O)NN)N1CCCC[C@H]1C. The van der Waals surface area contributed by atoms with Crippen LogP contribution >= 0.6 is 0 Å². The molecule has 0 aromatic carbocycles. The number of hydrazine groups is 1. The van der Waals surface area contributed by atoms with Crippen LogP contribution in [0.25, 0.3) is 0 Å². The van der Waals surface area contributed by atoms with Gasteiger partial charge in [-0.15, -0.1) is 0 Å². The quantitative estimate of drug-likeness (QED) is 0.416. The Bertz CT molecular complexity index is 208. The summed E-state index contributed by atoms with van der Waals surface area (Å²) in [4.78, 5) is 14.0. The van der Waals surface area contributed by atoms with E-state index in [0.29, 0.717) is 6.04 Å². The molecule has 4 heteroatoms. The van der Waals surface area contributed by atoms with Gasteiger partial charge < -0.3 is 0 Å². The fourth-order valence-electron chi connectivity index (χ4n) is 2.40. The predicted molar refractivity (Wildman–Crippen MR) is 61.0 cm³/mol. The minimum Gasteiger partial charge on any atom is -0.293 e. The number of amides is 1. The van der Waals surface area contributed by atoms with E-state index in [1.54, 1.807) is 0 Å². The number of nitrogens with one attached hydrogen (secondary N) is 1. The third kappa shape index (κ3) is 3.18. The van der Waals surface area contributed by atoms with Crippen LogP contribution in [0, 0.1) is 0 Å². The summed E-state index contributed by atoms with van der Waals surface area (Å²) < 4.78 is 0. The Hall–Kier alpha value is -0.610. The van der Waals surface area contributed by atoms with Gasteiger partial charge in [0.05, 0.1) is 6.04 Å². The maximum atomic E-state index is 11.7. The number of hydrogen-bond acceptors (Lipinski definition) is 3. The fourth-order valence-corrected chi connectivity index (χ4v) is 2.40.